The summed E-state index contributed by atoms with van der Waals surface area (Å²) >= 11 is 0. The molecular weight excluding hydrogens is 266 g/mol. The standard InChI is InChI=1S/C15H23N5O/c1-15(2,3)12-10(5-4-6-21-12)7-16-13-11-14(18-8-17-11)20-9-19-13/h8-10,12H,4-7H2,1-3H3,(H2,16,17,18,19,20). The highest BCUT2D eigenvalue weighted by molar-refractivity contribution is 5.81. The molecule has 2 aromatic heterocycles. The van der Waals surface area contributed by atoms with Gasteiger partial charge in [0.05, 0.1) is 12.4 Å². The fourth-order valence-corrected chi connectivity index (χ4v) is 3.14. The molecule has 1 fully saturated rings. The molecule has 2 aromatic rings. The molecule has 0 bridgehead atoms. The number of hydrogen-bond acceptors (Lipinski definition) is 5. The number of H-pyrrole nitrogens is 1. The summed E-state index contributed by atoms with van der Waals surface area (Å²) in [7, 11) is 0. The molecule has 0 amide bonds. The second-order valence-corrected chi connectivity index (χ2v) is 6.76. The van der Waals surface area contributed by atoms with Crippen molar-refractivity contribution in [3.8, 4) is 0 Å². The average Bonchev–Trinajstić information content (AvgIpc) is 2.93. The first-order chi connectivity index (χ1) is 10.1. The molecule has 2 unspecified atom stereocenters. The van der Waals surface area contributed by atoms with Gasteiger partial charge < -0.3 is 15.0 Å². The van der Waals surface area contributed by atoms with Gasteiger partial charge in [0.2, 0.25) is 0 Å². The van der Waals surface area contributed by atoms with Crippen LogP contribution in [0.5, 0.6) is 0 Å². The molecule has 1 aliphatic heterocycles. The Bertz CT molecular complexity index is 603. The van der Waals surface area contributed by atoms with Gasteiger partial charge in [-0.15, -0.1) is 0 Å². The minimum Gasteiger partial charge on any atom is -0.377 e. The summed E-state index contributed by atoms with van der Waals surface area (Å²) in [5, 5.41) is 3.44. The molecule has 0 aromatic carbocycles. The van der Waals surface area contributed by atoms with Crippen LogP contribution in [0.1, 0.15) is 33.6 Å². The Labute approximate surface area is 124 Å². The SMILES string of the molecule is CC(C)(C)C1OCCCC1CNc1ncnc2nc[nH]c12. The van der Waals surface area contributed by atoms with Crippen LogP contribution in [0.2, 0.25) is 0 Å². The number of aromatic amines is 1. The van der Waals surface area contributed by atoms with Crippen molar-refractivity contribution >= 4 is 17.0 Å². The molecule has 2 N–H and O–H groups in total. The summed E-state index contributed by atoms with van der Waals surface area (Å²) in [5.41, 5.74) is 1.71. The average molecular weight is 289 g/mol. The molecule has 0 aliphatic carbocycles. The van der Waals surface area contributed by atoms with Crippen molar-refractivity contribution in [3.63, 3.8) is 0 Å². The molecule has 1 aliphatic rings. The summed E-state index contributed by atoms with van der Waals surface area (Å²) in [6.07, 6.45) is 5.78. The van der Waals surface area contributed by atoms with Crippen molar-refractivity contribution in [1.82, 2.24) is 19.9 Å². The van der Waals surface area contributed by atoms with E-state index in [0.717, 1.165) is 30.9 Å². The smallest absolute Gasteiger partial charge is 0.182 e. The van der Waals surface area contributed by atoms with Crippen LogP contribution in [0.25, 0.3) is 11.2 Å². The van der Waals surface area contributed by atoms with E-state index in [2.05, 4.69) is 46.0 Å². The van der Waals surface area contributed by atoms with Crippen molar-refractivity contribution in [2.75, 3.05) is 18.5 Å². The van der Waals surface area contributed by atoms with E-state index in [0.29, 0.717) is 11.6 Å². The van der Waals surface area contributed by atoms with Crippen LogP contribution in [0.4, 0.5) is 5.82 Å². The molecule has 114 valence electrons. The summed E-state index contributed by atoms with van der Waals surface area (Å²) < 4.78 is 6.02. The fourth-order valence-electron chi connectivity index (χ4n) is 3.14. The predicted molar refractivity (Wildman–Crippen MR) is 82.1 cm³/mol. The van der Waals surface area contributed by atoms with Gasteiger partial charge in [-0.1, -0.05) is 20.8 Å². The van der Waals surface area contributed by atoms with E-state index in [1.54, 1.807) is 12.7 Å². The number of anilines is 1. The second kappa shape index (κ2) is 5.60. The number of hydrogen-bond donors (Lipinski definition) is 2. The highest BCUT2D eigenvalue weighted by Crippen LogP contribution is 2.34. The molecular formula is C15H23N5O. The third-order valence-electron chi connectivity index (χ3n) is 4.05. The molecule has 3 heterocycles. The lowest BCUT2D eigenvalue weighted by Gasteiger charge is -2.40. The van der Waals surface area contributed by atoms with Crippen LogP contribution in [0, 0.1) is 11.3 Å². The second-order valence-electron chi connectivity index (χ2n) is 6.76. The largest absolute Gasteiger partial charge is 0.377 e. The first kappa shape index (κ1) is 14.3. The molecule has 21 heavy (non-hydrogen) atoms. The zero-order valence-electron chi connectivity index (χ0n) is 12.9. The lowest BCUT2D eigenvalue weighted by Crippen LogP contribution is -2.42. The molecule has 1 saturated heterocycles. The van der Waals surface area contributed by atoms with Crippen LogP contribution in [0.15, 0.2) is 12.7 Å². The van der Waals surface area contributed by atoms with Gasteiger partial charge in [-0.3, -0.25) is 0 Å². The molecule has 2 atom stereocenters. The number of rotatable bonds is 3. The maximum atomic E-state index is 6.02. The molecule has 0 spiro atoms. The number of nitrogens with zero attached hydrogens (tertiary/aromatic N) is 3. The van der Waals surface area contributed by atoms with Crippen molar-refractivity contribution < 1.29 is 4.74 Å². The van der Waals surface area contributed by atoms with Gasteiger partial charge in [0.1, 0.15) is 11.8 Å². The van der Waals surface area contributed by atoms with E-state index in [4.69, 9.17) is 4.74 Å². The van der Waals surface area contributed by atoms with Crippen LogP contribution in [0.3, 0.4) is 0 Å². The fraction of sp³-hybridized carbons (Fsp3) is 0.667. The van der Waals surface area contributed by atoms with Gasteiger partial charge >= 0.3 is 0 Å². The Morgan fingerprint density at radius 2 is 2.19 bits per heavy atom. The summed E-state index contributed by atoms with van der Waals surface area (Å²) in [6.45, 7) is 8.46. The van der Waals surface area contributed by atoms with Crippen LogP contribution >= 0.6 is 0 Å². The quantitative estimate of drug-likeness (QED) is 0.908. The van der Waals surface area contributed by atoms with Crippen molar-refractivity contribution in [2.45, 2.75) is 39.7 Å². The third kappa shape index (κ3) is 3.00. The number of aromatic nitrogens is 4. The number of ether oxygens (including phenoxy) is 1. The highest BCUT2D eigenvalue weighted by atomic mass is 16.5. The Kier molecular flexibility index (Phi) is 3.80. The van der Waals surface area contributed by atoms with Gasteiger partial charge in [0.15, 0.2) is 11.5 Å². The maximum Gasteiger partial charge on any atom is 0.182 e. The zero-order chi connectivity index (χ0) is 14.9. The molecule has 6 heteroatoms. The Hall–Kier alpha value is -1.69. The minimum absolute atomic E-state index is 0.155. The first-order valence-electron chi connectivity index (χ1n) is 7.55. The third-order valence-corrected chi connectivity index (χ3v) is 4.05. The van der Waals surface area contributed by atoms with E-state index < -0.39 is 0 Å². The molecule has 6 nitrogen and oxygen atoms in total. The van der Waals surface area contributed by atoms with E-state index in [9.17, 15) is 0 Å². The Morgan fingerprint density at radius 1 is 1.33 bits per heavy atom. The number of imidazole rings is 1. The first-order valence-corrected chi connectivity index (χ1v) is 7.55. The number of nitrogens with one attached hydrogen (secondary N) is 2. The maximum absolute atomic E-state index is 6.02. The highest BCUT2D eigenvalue weighted by Gasteiger charge is 2.35. The monoisotopic (exact) mass is 289 g/mol. The Morgan fingerprint density at radius 3 is 3.00 bits per heavy atom. The Balaban J connectivity index is 1.72. The van der Waals surface area contributed by atoms with Crippen LogP contribution in [-0.4, -0.2) is 39.2 Å². The van der Waals surface area contributed by atoms with E-state index in [1.165, 1.54) is 6.42 Å². The van der Waals surface area contributed by atoms with Gasteiger partial charge in [-0.2, -0.15) is 0 Å². The van der Waals surface area contributed by atoms with E-state index in [1.807, 2.05) is 0 Å². The van der Waals surface area contributed by atoms with Crippen molar-refractivity contribution in [2.24, 2.45) is 11.3 Å². The number of fused-ring (bicyclic) bond motifs is 1. The lowest BCUT2D eigenvalue weighted by molar-refractivity contribution is -0.0814. The summed E-state index contributed by atoms with van der Waals surface area (Å²) in [6, 6.07) is 0. The predicted octanol–water partition coefficient (Wildman–Crippen LogP) is 2.61. The van der Waals surface area contributed by atoms with Gasteiger partial charge in [0.25, 0.3) is 0 Å². The summed E-state index contributed by atoms with van der Waals surface area (Å²) in [4.78, 5) is 15.7. The minimum atomic E-state index is 0.155. The van der Waals surface area contributed by atoms with Crippen molar-refractivity contribution in [1.29, 1.82) is 0 Å². The van der Waals surface area contributed by atoms with Gasteiger partial charge in [-0.25, -0.2) is 15.0 Å². The van der Waals surface area contributed by atoms with Crippen molar-refractivity contribution in [3.05, 3.63) is 12.7 Å². The lowest BCUT2D eigenvalue weighted by atomic mass is 9.78. The van der Waals surface area contributed by atoms with Gasteiger partial charge in [0, 0.05) is 19.1 Å². The topological polar surface area (TPSA) is 75.7 Å². The molecule has 0 saturated carbocycles. The normalized spacial score (nSPS) is 23.4. The van der Waals surface area contributed by atoms with Crippen LogP contribution in [-0.2, 0) is 4.74 Å². The van der Waals surface area contributed by atoms with E-state index >= 15 is 0 Å². The van der Waals surface area contributed by atoms with Crippen LogP contribution < -0.4 is 5.32 Å². The molecule has 0 radical (unpaired) electrons. The molecule has 3 rings (SSSR count). The van der Waals surface area contributed by atoms with E-state index in [-0.39, 0.29) is 11.5 Å². The van der Waals surface area contributed by atoms with Gasteiger partial charge in [-0.05, 0) is 18.3 Å². The zero-order valence-corrected chi connectivity index (χ0v) is 12.9. The summed E-state index contributed by atoms with van der Waals surface area (Å²) in [5.74, 6) is 1.31.